The van der Waals surface area contributed by atoms with Crippen molar-refractivity contribution in [1.82, 2.24) is 6.15 Å². The minimum absolute atomic E-state index is 0. The van der Waals surface area contributed by atoms with Gasteiger partial charge in [0.15, 0.2) is 0 Å². The van der Waals surface area contributed by atoms with Gasteiger partial charge in [-0.2, -0.15) is 16.2 Å². The number of hydrogen-bond donors (Lipinski definition) is 3. The van der Waals surface area contributed by atoms with Gasteiger partial charge in [0.05, 0.1) is 0 Å². The maximum absolute atomic E-state index is 8.74. The number of phosphoric acid groups is 1. The molecule has 12 heteroatoms. The fraction of sp³-hybridized carbons (Fsp3) is 0. The smallest absolute Gasteiger partial charge is 0.822 e. The maximum Gasteiger partial charge on any atom is 2.00 e. The van der Waals surface area contributed by atoms with Gasteiger partial charge in [0.1, 0.15) is 0 Å². The summed E-state index contributed by atoms with van der Waals surface area (Å²) in [6, 6.07) is 0. The van der Waals surface area contributed by atoms with Gasteiger partial charge in [0.25, 0.3) is 0 Å². The van der Waals surface area contributed by atoms with Gasteiger partial charge in [-0.1, -0.05) is 0 Å². The summed E-state index contributed by atoms with van der Waals surface area (Å²) in [7, 11) is -10.1. The van der Waals surface area contributed by atoms with Gasteiger partial charge in [0.2, 0.25) is 0 Å². The Bertz CT molecular complexity index is 197. The van der Waals surface area contributed by atoms with Gasteiger partial charge >= 0.3 is 29.9 Å². The molecule has 0 bridgehead atoms. The molecule has 0 aromatic heterocycles. The minimum Gasteiger partial charge on any atom is -0.822 e. The molecule has 6 N–H and O–H groups in total. The van der Waals surface area contributed by atoms with Crippen LogP contribution in [-0.2, 0) is 34.4 Å². The topological polar surface area (TPSA) is 197 Å². The van der Waals surface area contributed by atoms with Crippen molar-refractivity contribution in [3.63, 3.8) is 0 Å². The predicted molar refractivity (Wildman–Crippen MR) is 27.8 cm³/mol. The fourth-order valence-electron chi connectivity index (χ4n) is 0. The van der Waals surface area contributed by atoms with Gasteiger partial charge < -0.3 is 25.4 Å². The first-order valence-corrected chi connectivity index (χ1v) is 4.29. The molecule has 0 aromatic rings. The van der Waals surface area contributed by atoms with Gasteiger partial charge in [-0.3, -0.25) is 9.11 Å². The first kappa shape index (κ1) is 22.9. The molecular formula is H6NO8PRhS. The maximum atomic E-state index is 8.74. The molecule has 0 aliphatic rings. The summed E-state index contributed by atoms with van der Waals surface area (Å²) < 4.78 is 40.1. The van der Waals surface area contributed by atoms with Crippen LogP contribution in [0.2, 0.25) is 0 Å². The molecule has 1 radical (unpaired) electrons. The Morgan fingerprint density at radius 2 is 1.08 bits per heavy atom. The summed E-state index contributed by atoms with van der Waals surface area (Å²) >= 11 is 0. The first-order chi connectivity index (χ1) is 4.00. The molecule has 0 fully saturated rings. The second-order valence-electron chi connectivity index (χ2n) is 0.895. The first-order valence-electron chi connectivity index (χ1n) is 1.43. The van der Waals surface area contributed by atoms with Crippen molar-refractivity contribution in [3.8, 4) is 0 Å². The van der Waals surface area contributed by atoms with Crippen LogP contribution in [0, 0.1) is 0 Å². The van der Waals surface area contributed by atoms with E-state index in [1.54, 1.807) is 0 Å². The Hall–Kier alpha value is 0.563. The summed E-state index contributed by atoms with van der Waals surface area (Å²) in [5.41, 5.74) is 0. The zero-order chi connectivity index (χ0) is 9.00. The van der Waals surface area contributed by atoms with E-state index in [0.29, 0.717) is 0 Å². The molecule has 0 amide bonds. The normalized spacial score (nSPS) is 9.75. The molecular weight excluding hydrogens is 308 g/mol. The van der Waals surface area contributed by atoms with E-state index in [2.05, 4.69) is 0 Å². The largest absolute Gasteiger partial charge is 2.00 e. The number of quaternary nitrogens is 1. The Kier molecular flexibility index (Phi) is 15.6. The van der Waals surface area contributed by atoms with Gasteiger partial charge in [-0.05, 0) is 0 Å². The van der Waals surface area contributed by atoms with Crippen LogP contribution in [0.15, 0.2) is 0 Å². The average molecular weight is 314 g/mol. The van der Waals surface area contributed by atoms with Crippen molar-refractivity contribution in [3.05, 3.63) is 0 Å². The SMILES string of the molecule is O=P([O-])([O-])[O-].O=S(=O)(O)O.[NH4+].[Rh+2]. The van der Waals surface area contributed by atoms with Crippen LogP contribution >= 0.6 is 7.82 Å². The van der Waals surface area contributed by atoms with Crippen LogP contribution in [0.5, 0.6) is 0 Å². The molecule has 12 heavy (non-hydrogen) atoms. The standard InChI is InChI=1S/H3N.H3O4P.H2O4S.Rh/c;2*1-5(2,3)4;/h1H3;(H3,1,2,3,4);(H2,1,2,3,4);/q;;;+2/p-2. The van der Waals surface area contributed by atoms with Crippen molar-refractivity contribution in [2.75, 3.05) is 0 Å². The quantitative estimate of drug-likeness (QED) is 0.237. The minimum atomic E-state index is -5.39. The van der Waals surface area contributed by atoms with Crippen molar-refractivity contribution in [1.29, 1.82) is 0 Å². The van der Waals surface area contributed by atoms with Gasteiger partial charge in [0, 0.05) is 0 Å². The van der Waals surface area contributed by atoms with Crippen molar-refractivity contribution >= 4 is 18.2 Å². The monoisotopic (exact) mass is 314 g/mol. The average Bonchev–Trinajstić information content (AvgIpc) is 1.12. The Morgan fingerprint density at radius 3 is 1.08 bits per heavy atom. The third kappa shape index (κ3) is 3040. The molecule has 0 unspecified atom stereocenters. The van der Waals surface area contributed by atoms with E-state index in [4.69, 9.17) is 36.8 Å². The van der Waals surface area contributed by atoms with Gasteiger partial charge in [-0.25, -0.2) is 0 Å². The number of rotatable bonds is 0. The molecule has 79 valence electrons. The third-order valence-electron chi connectivity index (χ3n) is 0. The van der Waals surface area contributed by atoms with Crippen LogP contribution in [-0.4, -0.2) is 17.5 Å². The second kappa shape index (κ2) is 8.17. The zero-order valence-electron chi connectivity index (χ0n) is 5.53. The van der Waals surface area contributed by atoms with E-state index in [9.17, 15) is 0 Å². The molecule has 0 aromatic carbocycles. The molecule has 0 saturated carbocycles. The molecule has 9 nitrogen and oxygen atoms in total. The molecule has 0 rings (SSSR count). The van der Waals surface area contributed by atoms with E-state index >= 15 is 0 Å². The zero-order valence-corrected chi connectivity index (χ0v) is 8.88. The van der Waals surface area contributed by atoms with E-state index < -0.39 is 18.2 Å². The van der Waals surface area contributed by atoms with E-state index in [0.717, 1.165) is 0 Å². The van der Waals surface area contributed by atoms with Gasteiger partial charge in [-0.15, -0.1) is 0 Å². The fourth-order valence-corrected chi connectivity index (χ4v) is 0. The van der Waals surface area contributed by atoms with E-state index in [1.807, 2.05) is 0 Å². The number of hydrogen-bond acceptors (Lipinski definition) is 6. The van der Waals surface area contributed by atoms with Crippen LogP contribution in [0.1, 0.15) is 0 Å². The predicted octanol–water partition coefficient (Wildman–Crippen LogP) is -3.10. The van der Waals surface area contributed by atoms with E-state index in [-0.39, 0.29) is 25.6 Å². The summed E-state index contributed by atoms with van der Waals surface area (Å²) in [6.45, 7) is 0. The molecule has 0 spiro atoms. The molecule has 0 aliphatic heterocycles. The van der Waals surface area contributed by atoms with Crippen LogP contribution < -0.4 is 20.8 Å². The summed E-state index contributed by atoms with van der Waals surface area (Å²) in [6.07, 6.45) is 0. The van der Waals surface area contributed by atoms with Crippen LogP contribution in [0.4, 0.5) is 0 Å². The summed E-state index contributed by atoms with van der Waals surface area (Å²) in [4.78, 5) is 25.6. The molecule has 0 aliphatic carbocycles. The molecule has 0 saturated heterocycles. The second-order valence-corrected chi connectivity index (χ2v) is 2.69. The van der Waals surface area contributed by atoms with Crippen molar-refractivity contribution in [2.24, 2.45) is 0 Å². The van der Waals surface area contributed by atoms with Crippen LogP contribution in [0.25, 0.3) is 0 Å². The Labute approximate surface area is 81.0 Å². The Morgan fingerprint density at radius 1 is 1.08 bits per heavy atom. The van der Waals surface area contributed by atoms with Crippen LogP contribution in [0.3, 0.4) is 0 Å². The Balaban J connectivity index is -0.0000000457. The molecule has 0 heterocycles. The summed E-state index contributed by atoms with van der Waals surface area (Å²) in [5, 5.41) is 0. The molecule has 0 atom stereocenters. The van der Waals surface area contributed by atoms with Crippen molar-refractivity contribution in [2.45, 2.75) is 0 Å². The van der Waals surface area contributed by atoms with E-state index in [1.165, 1.54) is 0 Å². The summed E-state index contributed by atoms with van der Waals surface area (Å²) in [5.74, 6) is 0. The third-order valence-corrected chi connectivity index (χ3v) is 0. The van der Waals surface area contributed by atoms with Crippen molar-refractivity contribution < 1.29 is 56.2 Å².